The number of rotatable bonds is 2. The highest BCUT2D eigenvalue weighted by atomic mass is 32.1. The van der Waals surface area contributed by atoms with Crippen molar-refractivity contribution >= 4 is 11.3 Å². The summed E-state index contributed by atoms with van der Waals surface area (Å²) in [6, 6.07) is 1.47. The molecular formula is C11H17N3S. The molecule has 1 aliphatic carbocycles. The van der Waals surface area contributed by atoms with Crippen LogP contribution in [0.15, 0.2) is 5.38 Å². The predicted molar refractivity (Wildman–Crippen MR) is 61.9 cm³/mol. The summed E-state index contributed by atoms with van der Waals surface area (Å²) in [5.41, 5.74) is 7.40. The highest BCUT2D eigenvalue weighted by Crippen LogP contribution is 2.40. The predicted octanol–water partition coefficient (Wildman–Crippen LogP) is 1.69. The lowest BCUT2D eigenvalue weighted by Gasteiger charge is -2.24. The fraction of sp³-hybridized carbons (Fsp3) is 0.727. The van der Waals surface area contributed by atoms with Crippen molar-refractivity contribution in [3.05, 3.63) is 16.1 Å². The smallest absolute Gasteiger partial charge is 0.0898 e. The van der Waals surface area contributed by atoms with E-state index in [9.17, 15) is 0 Å². The minimum absolute atomic E-state index is 0.284. The average molecular weight is 223 g/mol. The van der Waals surface area contributed by atoms with Gasteiger partial charge < -0.3 is 5.73 Å². The van der Waals surface area contributed by atoms with E-state index in [0.717, 1.165) is 24.0 Å². The molecule has 0 amide bonds. The fourth-order valence-corrected chi connectivity index (χ4v) is 3.20. The van der Waals surface area contributed by atoms with E-state index in [1.165, 1.54) is 18.5 Å². The van der Waals surface area contributed by atoms with Crippen LogP contribution >= 0.6 is 11.3 Å². The largest absolute Gasteiger partial charge is 0.326 e. The van der Waals surface area contributed by atoms with E-state index in [-0.39, 0.29) is 6.04 Å². The molecule has 1 aliphatic heterocycles. The number of likely N-dealkylation sites (tertiary alicyclic amines) is 1. The van der Waals surface area contributed by atoms with Crippen molar-refractivity contribution in [3.63, 3.8) is 0 Å². The minimum atomic E-state index is 0.284. The Morgan fingerprint density at radius 2 is 2.27 bits per heavy atom. The molecular weight excluding hydrogens is 206 g/mol. The molecule has 2 heterocycles. The van der Waals surface area contributed by atoms with Gasteiger partial charge in [-0.2, -0.15) is 0 Å². The third-order valence-electron chi connectivity index (χ3n) is 3.44. The SMILES string of the molecule is Cc1nc(C2C(N)CCN2C2CC2)cs1. The van der Waals surface area contributed by atoms with Crippen LogP contribution in [0, 0.1) is 6.92 Å². The molecule has 1 aromatic rings. The number of hydrogen-bond donors (Lipinski definition) is 1. The van der Waals surface area contributed by atoms with E-state index in [0.29, 0.717) is 6.04 Å². The topological polar surface area (TPSA) is 42.1 Å². The van der Waals surface area contributed by atoms with Crippen LogP contribution in [0.25, 0.3) is 0 Å². The third kappa shape index (κ3) is 1.71. The van der Waals surface area contributed by atoms with Gasteiger partial charge in [0.15, 0.2) is 0 Å². The maximum atomic E-state index is 6.20. The maximum Gasteiger partial charge on any atom is 0.0898 e. The molecule has 2 fully saturated rings. The maximum absolute atomic E-state index is 6.20. The summed E-state index contributed by atoms with van der Waals surface area (Å²) < 4.78 is 0. The van der Waals surface area contributed by atoms with Crippen molar-refractivity contribution in [2.24, 2.45) is 5.73 Å². The molecule has 0 radical (unpaired) electrons. The number of hydrogen-bond acceptors (Lipinski definition) is 4. The van der Waals surface area contributed by atoms with E-state index in [4.69, 9.17) is 5.73 Å². The van der Waals surface area contributed by atoms with Gasteiger partial charge >= 0.3 is 0 Å². The highest BCUT2D eigenvalue weighted by Gasteiger charge is 2.42. The summed E-state index contributed by atoms with van der Waals surface area (Å²) in [5.74, 6) is 0. The zero-order valence-corrected chi connectivity index (χ0v) is 9.83. The Balaban J connectivity index is 1.87. The highest BCUT2D eigenvalue weighted by molar-refractivity contribution is 7.09. The Kier molecular flexibility index (Phi) is 2.30. The Bertz CT molecular complexity index is 358. The van der Waals surface area contributed by atoms with Crippen LogP contribution in [0.2, 0.25) is 0 Å². The normalized spacial score (nSPS) is 32.4. The van der Waals surface area contributed by atoms with Crippen LogP contribution in [0.4, 0.5) is 0 Å². The second-order valence-electron chi connectivity index (χ2n) is 4.66. The van der Waals surface area contributed by atoms with Crippen molar-refractivity contribution in [2.45, 2.75) is 44.3 Å². The molecule has 1 saturated carbocycles. The molecule has 2 N–H and O–H groups in total. The number of thiazole rings is 1. The van der Waals surface area contributed by atoms with Gasteiger partial charge in [0.1, 0.15) is 0 Å². The van der Waals surface area contributed by atoms with E-state index >= 15 is 0 Å². The zero-order valence-electron chi connectivity index (χ0n) is 9.02. The van der Waals surface area contributed by atoms with Crippen LogP contribution in [-0.2, 0) is 0 Å². The van der Waals surface area contributed by atoms with Gasteiger partial charge in [0, 0.05) is 24.0 Å². The summed E-state index contributed by atoms with van der Waals surface area (Å²) in [5, 5.41) is 3.33. The van der Waals surface area contributed by atoms with Crippen LogP contribution in [0.3, 0.4) is 0 Å². The lowest BCUT2D eigenvalue weighted by molar-refractivity contribution is 0.234. The molecule has 15 heavy (non-hydrogen) atoms. The first-order valence-electron chi connectivity index (χ1n) is 5.69. The van der Waals surface area contributed by atoms with Crippen molar-refractivity contribution in [2.75, 3.05) is 6.54 Å². The monoisotopic (exact) mass is 223 g/mol. The molecule has 1 saturated heterocycles. The first-order chi connectivity index (χ1) is 7.25. The zero-order chi connectivity index (χ0) is 10.4. The van der Waals surface area contributed by atoms with Crippen LogP contribution < -0.4 is 5.73 Å². The molecule has 3 rings (SSSR count). The summed E-state index contributed by atoms with van der Waals surface area (Å²) in [4.78, 5) is 7.17. The molecule has 0 bridgehead atoms. The third-order valence-corrected chi connectivity index (χ3v) is 4.23. The lowest BCUT2D eigenvalue weighted by Crippen LogP contribution is -2.33. The quantitative estimate of drug-likeness (QED) is 0.829. The van der Waals surface area contributed by atoms with Gasteiger partial charge in [0.25, 0.3) is 0 Å². The van der Waals surface area contributed by atoms with Gasteiger partial charge in [0.05, 0.1) is 16.7 Å². The van der Waals surface area contributed by atoms with E-state index in [1.807, 2.05) is 0 Å². The molecule has 3 nitrogen and oxygen atoms in total. The summed E-state index contributed by atoms with van der Waals surface area (Å²) in [7, 11) is 0. The second-order valence-corrected chi connectivity index (χ2v) is 5.72. The first-order valence-corrected chi connectivity index (χ1v) is 6.57. The van der Waals surface area contributed by atoms with Crippen molar-refractivity contribution in [1.82, 2.24) is 9.88 Å². The summed E-state index contributed by atoms with van der Waals surface area (Å²) in [6.07, 6.45) is 3.83. The molecule has 0 aromatic carbocycles. The Labute approximate surface area is 94.3 Å². The Morgan fingerprint density at radius 3 is 2.87 bits per heavy atom. The molecule has 2 atom stereocenters. The first kappa shape index (κ1) is 9.75. The molecule has 82 valence electrons. The lowest BCUT2D eigenvalue weighted by atomic mass is 10.1. The fourth-order valence-electron chi connectivity index (χ4n) is 2.56. The van der Waals surface area contributed by atoms with Gasteiger partial charge in [-0.3, -0.25) is 4.90 Å². The Morgan fingerprint density at radius 1 is 1.47 bits per heavy atom. The van der Waals surface area contributed by atoms with E-state index < -0.39 is 0 Å². The summed E-state index contributed by atoms with van der Waals surface area (Å²) in [6.45, 7) is 3.23. The van der Waals surface area contributed by atoms with E-state index in [2.05, 4.69) is 22.2 Å². The molecule has 4 heteroatoms. The average Bonchev–Trinajstić information content (AvgIpc) is 2.86. The standard InChI is InChI=1S/C11H17N3S/c1-7-13-10(6-15-7)11-9(12)4-5-14(11)8-2-3-8/h6,8-9,11H,2-5,12H2,1H3. The van der Waals surface area contributed by atoms with Crippen LogP contribution in [-0.4, -0.2) is 28.5 Å². The number of nitrogens with zero attached hydrogens (tertiary/aromatic N) is 2. The van der Waals surface area contributed by atoms with Gasteiger partial charge in [-0.05, 0) is 26.2 Å². The molecule has 0 spiro atoms. The molecule has 2 aliphatic rings. The van der Waals surface area contributed by atoms with Crippen molar-refractivity contribution in [1.29, 1.82) is 0 Å². The molecule has 2 unspecified atom stereocenters. The van der Waals surface area contributed by atoms with Crippen LogP contribution in [0.5, 0.6) is 0 Å². The van der Waals surface area contributed by atoms with Gasteiger partial charge in [-0.25, -0.2) is 4.98 Å². The number of aromatic nitrogens is 1. The van der Waals surface area contributed by atoms with Crippen LogP contribution in [0.1, 0.15) is 36.0 Å². The Hall–Kier alpha value is -0.450. The second kappa shape index (κ2) is 3.54. The number of nitrogens with two attached hydrogens (primary N) is 1. The minimum Gasteiger partial charge on any atom is -0.326 e. The van der Waals surface area contributed by atoms with Gasteiger partial charge in [-0.15, -0.1) is 11.3 Å². The van der Waals surface area contributed by atoms with Crippen molar-refractivity contribution in [3.8, 4) is 0 Å². The van der Waals surface area contributed by atoms with Crippen molar-refractivity contribution < 1.29 is 0 Å². The summed E-state index contributed by atoms with van der Waals surface area (Å²) >= 11 is 1.73. The molecule has 1 aromatic heterocycles. The number of aryl methyl sites for hydroxylation is 1. The van der Waals surface area contributed by atoms with E-state index in [1.54, 1.807) is 11.3 Å². The van der Waals surface area contributed by atoms with Gasteiger partial charge in [-0.1, -0.05) is 0 Å². The van der Waals surface area contributed by atoms with Gasteiger partial charge in [0.2, 0.25) is 0 Å².